The van der Waals surface area contributed by atoms with Crippen LogP contribution in [0.4, 0.5) is 10.1 Å². The number of rotatable bonds is 12. The molecule has 0 spiro atoms. The van der Waals surface area contributed by atoms with Crippen LogP contribution in [-0.4, -0.2) is 39.4 Å². The Labute approximate surface area is 219 Å². The second-order valence-electron chi connectivity index (χ2n) is 7.55. The van der Waals surface area contributed by atoms with Crippen molar-refractivity contribution in [2.24, 2.45) is 0 Å². The molecule has 0 bridgehead atoms. The third-order valence-corrected chi connectivity index (χ3v) is 8.86. The maximum atomic E-state index is 13.9. The molecule has 3 aromatic rings. The molecule has 0 radical (unpaired) electrons. The number of sulfonamides is 1. The van der Waals surface area contributed by atoms with Crippen molar-refractivity contribution >= 4 is 56.7 Å². The standard InChI is InChI=1S/C25H26ClFN2O3S3/c1-33-23-9-11-24(12-10-23)35(31,32)29(22-8-3-7-21(27)16-22)17-25(30)28-13-4-14-34-18-19-5-2-6-20(26)15-19/h2-3,5-12,15-16H,4,13-14,17-18H2,1H3,(H,28,30). The number of carbonyl (C=O) groups is 1. The molecule has 35 heavy (non-hydrogen) atoms. The SMILES string of the molecule is CSc1ccc(S(=O)(=O)N(CC(=O)NCCCSCc2cccc(Cl)c2)c2cccc(F)c2)cc1. The van der Waals surface area contributed by atoms with E-state index < -0.39 is 28.3 Å². The summed E-state index contributed by atoms with van der Waals surface area (Å²) in [6, 6.07) is 19.3. The van der Waals surface area contributed by atoms with E-state index in [-0.39, 0.29) is 10.6 Å². The van der Waals surface area contributed by atoms with Crippen LogP contribution in [0.5, 0.6) is 0 Å². The molecule has 0 aliphatic carbocycles. The predicted molar refractivity (Wildman–Crippen MR) is 144 cm³/mol. The van der Waals surface area contributed by atoms with Gasteiger partial charge in [-0.15, -0.1) is 11.8 Å². The van der Waals surface area contributed by atoms with Gasteiger partial charge in [-0.05, 0) is 78.6 Å². The van der Waals surface area contributed by atoms with Crippen LogP contribution in [0, 0.1) is 5.82 Å². The zero-order valence-corrected chi connectivity index (χ0v) is 22.3. The third kappa shape index (κ3) is 8.17. The summed E-state index contributed by atoms with van der Waals surface area (Å²) in [6.45, 7) is -0.0490. The van der Waals surface area contributed by atoms with E-state index in [1.165, 1.54) is 42.1 Å². The van der Waals surface area contributed by atoms with Crippen LogP contribution >= 0.6 is 35.1 Å². The zero-order valence-electron chi connectivity index (χ0n) is 19.1. The molecular formula is C25H26ClFN2O3S3. The molecule has 5 nitrogen and oxygen atoms in total. The Balaban J connectivity index is 1.60. The van der Waals surface area contributed by atoms with E-state index in [1.54, 1.807) is 23.9 Å². The minimum atomic E-state index is -4.08. The minimum absolute atomic E-state index is 0.0322. The highest BCUT2D eigenvalue weighted by atomic mass is 35.5. The molecule has 3 aromatic carbocycles. The fraction of sp³-hybridized carbons (Fsp3) is 0.240. The highest BCUT2D eigenvalue weighted by Crippen LogP contribution is 2.26. The van der Waals surface area contributed by atoms with Crippen LogP contribution < -0.4 is 9.62 Å². The topological polar surface area (TPSA) is 66.5 Å². The predicted octanol–water partition coefficient (Wildman–Crippen LogP) is 5.84. The van der Waals surface area contributed by atoms with E-state index in [0.717, 1.165) is 38.8 Å². The summed E-state index contributed by atoms with van der Waals surface area (Å²) in [5.41, 5.74) is 1.22. The Kier molecular flexibility index (Phi) is 10.3. The van der Waals surface area contributed by atoms with Gasteiger partial charge in [0.1, 0.15) is 12.4 Å². The normalized spacial score (nSPS) is 11.3. The Morgan fingerprint density at radius 1 is 1.06 bits per heavy atom. The number of thioether (sulfide) groups is 2. The number of carbonyl (C=O) groups excluding carboxylic acids is 1. The average Bonchev–Trinajstić information content (AvgIpc) is 2.84. The van der Waals surface area contributed by atoms with Crippen LogP contribution in [-0.2, 0) is 20.6 Å². The molecule has 0 aliphatic heterocycles. The summed E-state index contributed by atoms with van der Waals surface area (Å²) in [6.07, 6.45) is 2.61. The quantitative estimate of drug-likeness (QED) is 0.226. The van der Waals surface area contributed by atoms with Gasteiger partial charge >= 0.3 is 0 Å². The lowest BCUT2D eigenvalue weighted by Crippen LogP contribution is -2.41. The van der Waals surface area contributed by atoms with Crippen molar-refractivity contribution < 1.29 is 17.6 Å². The number of nitrogens with zero attached hydrogens (tertiary/aromatic N) is 1. The Hall–Kier alpha value is -2.20. The number of hydrogen-bond donors (Lipinski definition) is 1. The summed E-state index contributed by atoms with van der Waals surface area (Å²) in [5.74, 6) is 0.589. The van der Waals surface area contributed by atoms with Gasteiger partial charge in [-0.25, -0.2) is 12.8 Å². The van der Waals surface area contributed by atoms with E-state index in [2.05, 4.69) is 5.32 Å². The van der Waals surface area contributed by atoms with Gasteiger partial charge < -0.3 is 5.32 Å². The minimum Gasteiger partial charge on any atom is -0.354 e. The summed E-state index contributed by atoms with van der Waals surface area (Å²) < 4.78 is 41.5. The Morgan fingerprint density at radius 3 is 2.49 bits per heavy atom. The number of hydrogen-bond acceptors (Lipinski definition) is 5. The first-order valence-electron chi connectivity index (χ1n) is 10.8. The fourth-order valence-corrected chi connectivity index (χ4v) is 6.17. The van der Waals surface area contributed by atoms with Crippen molar-refractivity contribution in [1.29, 1.82) is 0 Å². The largest absolute Gasteiger partial charge is 0.354 e. The second-order valence-corrected chi connectivity index (χ2v) is 11.8. The highest BCUT2D eigenvalue weighted by molar-refractivity contribution is 7.98. The molecular weight excluding hydrogens is 527 g/mol. The molecule has 1 amide bonds. The summed E-state index contributed by atoms with van der Waals surface area (Å²) in [7, 11) is -4.08. The molecule has 0 aliphatic rings. The van der Waals surface area contributed by atoms with Gasteiger partial charge in [0.2, 0.25) is 5.91 Å². The molecule has 0 saturated carbocycles. The lowest BCUT2D eigenvalue weighted by atomic mass is 10.2. The van der Waals surface area contributed by atoms with Crippen LogP contribution in [0.15, 0.2) is 82.6 Å². The van der Waals surface area contributed by atoms with Gasteiger partial charge in [-0.1, -0.05) is 29.8 Å². The van der Waals surface area contributed by atoms with Crippen LogP contribution in [0.25, 0.3) is 0 Å². The van der Waals surface area contributed by atoms with Crippen molar-refractivity contribution in [2.45, 2.75) is 22.0 Å². The monoisotopic (exact) mass is 552 g/mol. The van der Waals surface area contributed by atoms with E-state index in [0.29, 0.717) is 11.6 Å². The first-order valence-corrected chi connectivity index (χ1v) is 15.0. The van der Waals surface area contributed by atoms with Gasteiger partial charge in [0.25, 0.3) is 10.0 Å². The molecule has 1 N–H and O–H groups in total. The summed E-state index contributed by atoms with van der Waals surface area (Å²) in [4.78, 5) is 13.6. The van der Waals surface area contributed by atoms with Crippen molar-refractivity contribution in [2.75, 3.05) is 29.4 Å². The smallest absolute Gasteiger partial charge is 0.264 e. The molecule has 0 heterocycles. The number of nitrogens with one attached hydrogen (secondary N) is 1. The second kappa shape index (κ2) is 13.2. The van der Waals surface area contributed by atoms with E-state index in [9.17, 15) is 17.6 Å². The molecule has 0 atom stereocenters. The van der Waals surface area contributed by atoms with Gasteiger partial charge in [0.05, 0.1) is 10.6 Å². The molecule has 186 valence electrons. The van der Waals surface area contributed by atoms with Crippen molar-refractivity contribution in [3.8, 4) is 0 Å². The van der Waals surface area contributed by atoms with Crippen LogP contribution in [0.2, 0.25) is 5.02 Å². The number of anilines is 1. The molecule has 3 rings (SSSR count). The van der Waals surface area contributed by atoms with Crippen LogP contribution in [0.1, 0.15) is 12.0 Å². The van der Waals surface area contributed by atoms with E-state index in [4.69, 9.17) is 11.6 Å². The zero-order chi connectivity index (χ0) is 25.3. The molecule has 10 heteroatoms. The summed E-state index contributed by atoms with van der Waals surface area (Å²) >= 11 is 9.21. The molecule has 0 saturated heterocycles. The Morgan fingerprint density at radius 2 is 1.80 bits per heavy atom. The van der Waals surface area contributed by atoms with Gasteiger partial charge in [-0.2, -0.15) is 11.8 Å². The van der Waals surface area contributed by atoms with E-state index >= 15 is 0 Å². The third-order valence-electron chi connectivity index (χ3n) is 4.98. The number of benzene rings is 3. The van der Waals surface area contributed by atoms with Crippen molar-refractivity contribution in [3.05, 3.63) is 89.2 Å². The maximum Gasteiger partial charge on any atom is 0.264 e. The molecule has 0 fully saturated rings. The lowest BCUT2D eigenvalue weighted by Gasteiger charge is -2.24. The molecule has 0 aromatic heterocycles. The first-order chi connectivity index (χ1) is 16.8. The summed E-state index contributed by atoms with van der Waals surface area (Å²) in [5, 5.41) is 3.47. The van der Waals surface area contributed by atoms with Crippen LogP contribution in [0.3, 0.4) is 0 Å². The average molecular weight is 553 g/mol. The first kappa shape index (κ1) is 27.4. The highest BCUT2D eigenvalue weighted by Gasteiger charge is 2.27. The Bertz CT molecular complexity index is 1240. The van der Waals surface area contributed by atoms with Crippen molar-refractivity contribution in [3.63, 3.8) is 0 Å². The maximum absolute atomic E-state index is 13.9. The number of amides is 1. The number of halogens is 2. The fourth-order valence-electron chi connectivity index (χ4n) is 3.23. The van der Waals surface area contributed by atoms with Gasteiger partial charge in [0.15, 0.2) is 0 Å². The van der Waals surface area contributed by atoms with Gasteiger partial charge in [0, 0.05) is 22.2 Å². The van der Waals surface area contributed by atoms with E-state index in [1.807, 2.05) is 30.5 Å². The van der Waals surface area contributed by atoms with Crippen molar-refractivity contribution in [1.82, 2.24) is 5.32 Å². The molecule has 0 unspecified atom stereocenters. The lowest BCUT2D eigenvalue weighted by molar-refractivity contribution is -0.119. The van der Waals surface area contributed by atoms with Gasteiger partial charge in [-0.3, -0.25) is 9.10 Å².